The van der Waals surface area contributed by atoms with Crippen LogP contribution < -0.4 is 10.6 Å². The zero-order valence-corrected chi connectivity index (χ0v) is 21.0. The van der Waals surface area contributed by atoms with Crippen molar-refractivity contribution in [1.29, 1.82) is 0 Å². The molecule has 0 radical (unpaired) electrons. The summed E-state index contributed by atoms with van der Waals surface area (Å²) >= 11 is 0. The molecule has 0 heterocycles. The van der Waals surface area contributed by atoms with E-state index in [1.165, 1.54) is 35.2 Å². The second-order valence-corrected chi connectivity index (χ2v) is 10.4. The number of aliphatic carboxylic acids is 1. The number of nitrogens with two attached hydrogens (primary N) is 1. The number of nitrogens with zero attached hydrogens (tertiary/aromatic N) is 2. The Morgan fingerprint density at radius 2 is 1.76 bits per heavy atom. The van der Waals surface area contributed by atoms with Gasteiger partial charge in [-0.25, -0.2) is 10.8 Å². The summed E-state index contributed by atoms with van der Waals surface area (Å²) in [4.78, 5) is 15.7. The zero-order chi connectivity index (χ0) is 25.1. The van der Waals surface area contributed by atoms with Crippen LogP contribution in [0.2, 0.25) is 0 Å². The Kier molecular flexibility index (Phi) is 7.51. The maximum Gasteiger partial charge on any atom is 0.304 e. The molecule has 2 aromatic rings. The summed E-state index contributed by atoms with van der Waals surface area (Å²) in [6.45, 7) is 13.4. The zero-order valence-electron chi connectivity index (χ0n) is 21.0. The van der Waals surface area contributed by atoms with E-state index >= 15 is 0 Å². The van der Waals surface area contributed by atoms with Gasteiger partial charge in [-0.15, -0.1) is 0 Å². The molecule has 182 valence electrons. The number of carbonyl (C=O) groups is 1. The van der Waals surface area contributed by atoms with Gasteiger partial charge in [-0.2, -0.15) is 0 Å². The Bertz CT molecular complexity index is 1070. The van der Waals surface area contributed by atoms with Crippen molar-refractivity contribution in [3.8, 4) is 5.75 Å². The molecule has 0 spiro atoms. The van der Waals surface area contributed by atoms with E-state index in [-0.39, 0.29) is 17.3 Å². The molecule has 3 rings (SSSR count). The van der Waals surface area contributed by atoms with Crippen LogP contribution in [0.25, 0.3) is 0 Å². The number of likely N-dealkylation sites (N-methyl/N-ethyl adjacent to an activating group) is 1. The summed E-state index contributed by atoms with van der Waals surface area (Å²) in [5.41, 5.74) is 5.13. The lowest BCUT2D eigenvalue weighted by molar-refractivity contribution is -0.137. The third-order valence-electron chi connectivity index (χ3n) is 6.88. The molecule has 6 nitrogen and oxygen atoms in total. The van der Waals surface area contributed by atoms with Gasteiger partial charge in [0.05, 0.1) is 12.3 Å². The minimum Gasteiger partial charge on any atom is -0.489 e. The Morgan fingerprint density at radius 3 is 2.32 bits per heavy atom. The largest absolute Gasteiger partial charge is 0.489 e. The van der Waals surface area contributed by atoms with Crippen LogP contribution in [0.15, 0.2) is 60.2 Å². The maximum absolute atomic E-state index is 11.5. The number of rotatable bonds is 8. The Hall–Kier alpha value is -3.12. The summed E-state index contributed by atoms with van der Waals surface area (Å²) < 4.78 is 6.08. The van der Waals surface area contributed by atoms with E-state index in [9.17, 15) is 9.90 Å². The van der Waals surface area contributed by atoms with E-state index in [0.717, 1.165) is 16.9 Å². The Morgan fingerprint density at radius 1 is 1.15 bits per heavy atom. The van der Waals surface area contributed by atoms with Crippen molar-refractivity contribution in [2.45, 2.75) is 70.3 Å². The molecule has 2 aromatic carbocycles. The van der Waals surface area contributed by atoms with Crippen LogP contribution in [0.1, 0.15) is 75.1 Å². The number of hydrogen-bond acceptors (Lipinski definition) is 4. The molecular weight excluding hydrogens is 426 g/mol. The van der Waals surface area contributed by atoms with Crippen molar-refractivity contribution in [2.24, 2.45) is 10.8 Å². The topological polar surface area (TPSA) is 88.2 Å². The molecule has 0 aliphatic heterocycles. The molecule has 0 unspecified atom stereocenters. The van der Waals surface area contributed by atoms with Crippen LogP contribution in [-0.4, -0.2) is 29.0 Å². The van der Waals surface area contributed by atoms with Crippen LogP contribution in [-0.2, 0) is 22.2 Å². The van der Waals surface area contributed by atoms with Gasteiger partial charge < -0.3 is 14.9 Å². The molecule has 0 aromatic heterocycles. The minimum absolute atomic E-state index is 0.129. The van der Waals surface area contributed by atoms with Gasteiger partial charge in [0, 0.05) is 13.2 Å². The van der Waals surface area contributed by atoms with Crippen LogP contribution in [0, 0.1) is 0 Å². The maximum atomic E-state index is 11.5. The molecule has 1 aliphatic carbocycles. The van der Waals surface area contributed by atoms with E-state index < -0.39 is 11.9 Å². The number of hydrazine groups is 1. The van der Waals surface area contributed by atoms with Gasteiger partial charge in [0.15, 0.2) is 0 Å². The van der Waals surface area contributed by atoms with Crippen molar-refractivity contribution in [1.82, 2.24) is 5.01 Å². The predicted octanol–water partition coefficient (Wildman–Crippen LogP) is 5.52. The molecule has 0 fully saturated rings. The van der Waals surface area contributed by atoms with E-state index in [0.29, 0.717) is 12.4 Å². The van der Waals surface area contributed by atoms with Crippen molar-refractivity contribution in [3.05, 3.63) is 77.5 Å². The fourth-order valence-corrected chi connectivity index (χ4v) is 4.74. The highest BCUT2D eigenvalue weighted by Gasteiger charge is 2.36. The van der Waals surface area contributed by atoms with Gasteiger partial charge in [0.25, 0.3) is 0 Å². The third-order valence-corrected chi connectivity index (χ3v) is 6.88. The first-order chi connectivity index (χ1) is 15.9. The first-order valence-electron chi connectivity index (χ1n) is 11.7. The summed E-state index contributed by atoms with van der Waals surface area (Å²) in [5.74, 6) is 5.63. The lowest BCUT2D eigenvalue weighted by Crippen LogP contribution is -2.38. The van der Waals surface area contributed by atoms with Gasteiger partial charge in [0.2, 0.25) is 0 Å². The number of carboxylic acids is 1. The highest BCUT2D eigenvalue weighted by Crippen LogP contribution is 2.46. The molecule has 0 bridgehead atoms. The number of aliphatic imine (C=N–C) groups is 1. The van der Waals surface area contributed by atoms with Crippen LogP contribution in [0.4, 0.5) is 0 Å². The number of ether oxygens (including phenoxy) is 1. The number of amidine groups is 1. The molecule has 1 atom stereocenters. The van der Waals surface area contributed by atoms with Crippen LogP contribution in [0.3, 0.4) is 0 Å². The molecular formula is C28H37N3O3. The summed E-state index contributed by atoms with van der Waals surface area (Å²) in [6.07, 6.45) is 3.60. The fraction of sp³-hybridized carbons (Fsp3) is 0.429. The molecule has 0 amide bonds. The van der Waals surface area contributed by atoms with E-state index in [1.54, 1.807) is 7.05 Å². The van der Waals surface area contributed by atoms with Crippen molar-refractivity contribution in [2.75, 3.05) is 7.05 Å². The molecule has 1 aliphatic rings. The molecule has 0 saturated carbocycles. The normalized spacial score (nSPS) is 17.4. The van der Waals surface area contributed by atoms with Gasteiger partial charge >= 0.3 is 5.97 Å². The van der Waals surface area contributed by atoms with Crippen molar-refractivity contribution in [3.63, 3.8) is 0 Å². The third kappa shape index (κ3) is 5.68. The second-order valence-electron chi connectivity index (χ2n) is 10.4. The number of carboxylic acid groups (broad SMARTS) is 1. The Balaban J connectivity index is 1.78. The number of fused-ring (bicyclic) bond motifs is 1. The monoisotopic (exact) mass is 463 g/mol. The van der Waals surface area contributed by atoms with Gasteiger partial charge in [-0.05, 0) is 58.1 Å². The predicted molar refractivity (Wildman–Crippen MR) is 137 cm³/mol. The minimum atomic E-state index is -0.928. The van der Waals surface area contributed by atoms with E-state index in [4.69, 9.17) is 10.6 Å². The number of hydrogen-bond donors (Lipinski definition) is 2. The molecule has 6 heteroatoms. The molecule has 3 N–H and O–H groups in total. The summed E-state index contributed by atoms with van der Waals surface area (Å²) in [6, 6.07) is 14.2. The highest BCUT2D eigenvalue weighted by atomic mass is 16.5. The molecule has 0 saturated heterocycles. The first-order valence-corrected chi connectivity index (χ1v) is 11.7. The van der Waals surface area contributed by atoms with E-state index in [1.807, 2.05) is 24.3 Å². The fourth-order valence-electron chi connectivity index (χ4n) is 4.74. The number of benzene rings is 2. The van der Waals surface area contributed by atoms with Gasteiger partial charge in [-0.3, -0.25) is 4.79 Å². The van der Waals surface area contributed by atoms with E-state index in [2.05, 4.69) is 57.5 Å². The lowest BCUT2D eigenvalue weighted by atomic mass is 9.63. The average molecular weight is 464 g/mol. The second kappa shape index (κ2) is 10.0. The Labute approximate surface area is 203 Å². The lowest BCUT2D eigenvalue weighted by Gasteiger charge is -2.42. The summed E-state index contributed by atoms with van der Waals surface area (Å²) in [5, 5.41) is 10.7. The van der Waals surface area contributed by atoms with Gasteiger partial charge in [-0.1, -0.05) is 64.6 Å². The van der Waals surface area contributed by atoms with Crippen LogP contribution >= 0.6 is 0 Å². The highest BCUT2D eigenvalue weighted by molar-refractivity contribution is 5.92. The molecule has 34 heavy (non-hydrogen) atoms. The van der Waals surface area contributed by atoms with Gasteiger partial charge in [0.1, 0.15) is 18.2 Å². The SMILES string of the molecule is C=C/N=C(/[C@@H](CC(=O)O)c1ccc(OCc2ccc3c(c2)C(C)(C)CCC3(C)C)cc1)N(C)N. The summed E-state index contributed by atoms with van der Waals surface area (Å²) in [7, 11) is 1.63. The first kappa shape index (κ1) is 25.5. The average Bonchev–Trinajstić information content (AvgIpc) is 2.78. The van der Waals surface area contributed by atoms with Crippen LogP contribution in [0.5, 0.6) is 5.75 Å². The van der Waals surface area contributed by atoms with Crippen molar-refractivity contribution < 1.29 is 14.6 Å². The quantitative estimate of drug-likeness (QED) is 0.233. The van der Waals surface area contributed by atoms with Crippen molar-refractivity contribution >= 4 is 11.8 Å². The smallest absolute Gasteiger partial charge is 0.304 e. The standard InChI is InChI=1S/C28H37N3O3/c1-7-30-26(31(6)29)22(17-25(32)33)20-9-11-21(12-10-20)34-18-19-8-13-23-24(16-19)28(4,5)15-14-27(23,2)3/h7-13,16,22H,1,14-15,17-18,29H2,2-6H3,(H,32,33)/b30-26-/t22-/m0/s1.